The Morgan fingerprint density at radius 1 is 1.12 bits per heavy atom. The fraction of sp³-hybridized carbons (Fsp3) is 0.692. The Morgan fingerprint density at radius 3 is 2.29 bits per heavy atom. The summed E-state index contributed by atoms with van der Waals surface area (Å²) in [5.41, 5.74) is 0.999. The van der Waals surface area contributed by atoms with Crippen molar-refractivity contribution in [2.24, 2.45) is 11.8 Å². The smallest absolute Gasteiger partial charge is 0.137 e. The molecule has 2 heterocycles. The average molecular weight is 254 g/mol. The molecular formula is C13H20ClN3. The summed E-state index contributed by atoms with van der Waals surface area (Å²) in [6.45, 7) is 10.6. The molecule has 1 fully saturated rings. The first kappa shape index (κ1) is 12.6. The first-order chi connectivity index (χ1) is 7.97. The highest BCUT2D eigenvalue weighted by molar-refractivity contribution is 6.30. The largest absolute Gasteiger partial charge is 0.356 e. The predicted molar refractivity (Wildman–Crippen MR) is 71.7 cm³/mol. The molecular weight excluding hydrogens is 234 g/mol. The third-order valence-corrected chi connectivity index (χ3v) is 3.71. The van der Waals surface area contributed by atoms with Gasteiger partial charge in [-0.2, -0.15) is 0 Å². The summed E-state index contributed by atoms with van der Waals surface area (Å²) in [7, 11) is 0. The summed E-state index contributed by atoms with van der Waals surface area (Å²) in [5, 5.41) is 0.582. The molecule has 0 spiro atoms. The van der Waals surface area contributed by atoms with E-state index < -0.39 is 0 Å². The number of nitrogens with zero attached hydrogens (tertiary/aromatic N) is 3. The molecule has 94 valence electrons. The molecule has 17 heavy (non-hydrogen) atoms. The number of hydrogen-bond acceptors (Lipinski definition) is 3. The summed E-state index contributed by atoms with van der Waals surface area (Å²) in [5.74, 6) is 3.20. The van der Waals surface area contributed by atoms with Crippen molar-refractivity contribution >= 4 is 17.4 Å². The number of rotatable bonds is 1. The lowest BCUT2D eigenvalue weighted by atomic mass is 9.92. The van der Waals surface area contributed by atoms with Crippen molar-refractivity contribution in [1.82, 2.24) is 9.97 Å². The minimum Gasteiger partial charge on any atom is -0.356 e. The maximum Gasteiger partial charge on any atom is 0.137 e. The minimum absolute atomic E-state index is 0.582. The number of anilines is 1. The van der Waals surface area contributed by atoms with Crippen LogP contribution in [0.25, 0.3) is 0 Å². The van der Waals surface area contributed by atoms with Crippen LogP contribution in [0.3, 0.4) is 0 Å². The van der Waals surface area contributed by atoms with E-state index in [1.54, 1.807) is 0 Å². The molecule has 1 aliphatic rings. The average Bonchev–Trinajstić information content (AvgIpc) is 2.22. The topological polar surface area (TPSA) is 29.0 Å². The molecule has 3 nitrogen and oxygen atoms in total. The van der Waals surface area contributed by atoms with E-state index in [4.69, 9.17) is 11.6 Å². The van der Waals surface area contributed by atoms with Crippen molar-refractivity contribution in [1.29, 1.82) is 0 Å². The molecule has 2 atom stereocenters. The quantitative estimate of drug-likeness (QED) is 0.720. The molecule has 0 aliphatic carbocycles. The molecule has 0 amide bonds. The first-order valence-electron chi connectivity index (χ1n) is 6.23. The molecule has 1 aliphatic heterocycles. The van der Waals surface area contributed by atoms with Crippen molar-refractivity contribution < 1.29 is 0 Å². The van der Waals surface area contributed by atoms with Crippen LogP contribution in [-0.4, -0.2) is 23.1 Å². The Balaban J connectivity index is 2.33. The summed E-state index contributed by atoms with van der Waals surface area (Å²) in [6, 6.07) is 0. The zero-order valence-corrected chi connectivity index (χ0v) is 11.8. The fourth-order valence-corrected chi connectivity index (χ4v) is 2.93. The SMILES string of the molecule is Cc1nc(Cl)c(C)c(N2CC(C)CC(C)C2)n1. The number of halogens is 1. The summed E-state index contributed by atoms with van der Waals surface area (Å²) in [4.78, 5) is 11.1. The minimum atomic E-state index is 0.582. The van der Waals surface area contributed by atoms with Gasteiger partial charge in [0.1, 0.15) is 16.8 Å². The van der Waals surface area contributed by atoms with E-state index in [9.17, 15) is 0 Å². The Kier molecular flexibility index (Phi) is 3.57. The third-order valence-electron chi connectivity index (χ3n) is 3.34. The number of aromatic nitrogens is 2. The molecule has 2 unspecified atom stereocenters. The Hall–Kier alpha value is -0.830. The Morgan fingerprint density at radius 2 is 1.71 bits per heavy atom. The molecule has 0 bridgehead atoms. The lowest BCUT2D eigenvalue weighted by Crippen LogP contribution is -2.39. The second kappa shape index (κ2) is 4.81. The highest BCUT2D eigenvalue weighted by Gasteiger charge is 2.24. The highest BCUT2D eigenvalue weighted by atomic mass is 35.5. The summed E-state index contributed by atoms with van der Waals surface area (Å²) in [6.07, 6.45) is 1.30. The van der Waals surface area contributed by atoms with E-state index in [2.05, 4.69) is 28.7 Å². The molecule has 0 aromatic carbocycles. The number of piperidine rings is 1. The standard InChI is InChI=1S/C13H20ClN3/c1-8-5-9(2)7-17(6-8)13-10(3)12(14)15-11(4)16-13/h8-9H,5-7H2,1-4H3. The van der Waals surface area contributed by atoms with Gasteiger partial charge in [0.05, 0.1) is 0 Å². The van der Waals surface area contributed by atoms with Crippen molar-refractivity contribution in [3.63, 3.8) is 0 Å². The van der Waals surface area contributed by atoms with E-state index in [-0.39, 0.29) is 0 Å². The van der Waals surface area contributed by atoms with Crippen LogP contribution in [0.5, 0.6) is 0 Å². The van der Waals surface area contributed by atoms with E-state index in [1.165, 1.54) is 6.42 Å². The molecule has 1 aromatic heterocycles. The number of aryl methyl sites for hydroxylation is 1. The van der Waals surface area contributed by atoms with Crippen LogP contribution in [0, 0.1) is 25.7 Å². The molecule has 1 aromatic rings. The summed E-state index contributed by atoms with van der Waals surface area (Å²) < 4.78 is 0. The van der Waals surface area contributed by atoms with E-state index >= 15 is 0 Å². The van der Waals surface area contributed by atoms with Crippen molar-refractivity contribution in [3.05, 3.63) is 16.5 Å². The van der Waals surface area contributed by atoms with Gasteiger partial charge in [0.2, 0.25) is 0 Å². The number of hydrogen-bond donors (Lipinski definition) is 0. The van der Waals surface area contributed by atoms with Crippen LogP contribution >= 0.6 is 11.6 Å². The van der Waals surface area contributed by atoms with Gasteiger partial charge >= 0.3 is 0 Å². The molecule has 0 saturated carbocycles. The maximum atomic E-state index is 6.13. The van der Waals surface area contributed by atoms with Gasteiger partial charge in [-0.1, -0.05) is 25.4 Å². The van der Waals surface area contributed by atoms with Crippen LogP contribution in [0.15, 0.2) is 0 Å². The van der Waals surface area contributed by atoms with Crippen molar-refractivity contribution in [2.75, 3.05) is 18.0 Å². The fourth-order valence-electron chi connectivity index (χ4n) is 2.72. The first-order valence-corrected chi connectivity index (χ1v) is 6.61. The van der Waals surface area contributed by atoms with Crippen LogP contribution in [0.1, 0.15) is 31.7 Å². The van der Waals surface area contributed by atoms with E-state index in [0.717, 1.165) is 30.3 Å². The van der Waals surface area contributed by atoms with Crippen LogP contribution in [-0.2, 0) is 0 Å². The van der Waals surface area contributed by atoms with Crippen LogP contribution < -0.4 is 4.90 Å². The van der Waals surface area contributed by atoms with Crippen LogP contribution in [0.4, 0.5) is 5.82 Å². The molecule has 1 saturated heterocycles. The van der Waals surface area contributed by atoms with Gasteiger partial charge in [-0.25, -0.2) is 9.97 Å². The Bertz CT molecular complexity index is 409. The molecule has 2 rings (SSSR count). The molecule has 0 N–H and O–H groups in total. The maximum absolute atomic E-state index is 6.13. The summed E-state index contributed by atoms with van der Waals surface area (Å²) >= 11 is 6.13. The lowest BCUT2D eigenvalue weighted by molar-refractivity contribution is 0.355. The van der Waals surface area contributed by atoms with Gasteiger partial charge in [0, 0.05) is 18.7 Å². The van der Waals surface area contributed by atoms with Gasteiger partial charge in [0.25, 0.3) is 0 Å². The van der Waals surface area contributed by atoms with Gasteiger partial charge in [-0.05, 0) is 32.1 Å². The van der Waals surface area contributed by atoms with Crippen LogP contribution in [0.2, 0.25) is 5.15 Å². The van der Waals surface area contributed by atoms with Gasteiger partial charge in [-0.15, -0.1) is 0 Å². The third kappa shape index (κ3) is 2.71. The molecule has 0 radical (unpaired) electrons. The molecule has 4 heteroatoms. The lowest BCUT2D eigenvalue weighted by Gasteiger charge is -2.36. The zero-order valence-electron chi connectivity index (χ0n) is 11.0. The zero-order chi connectivity index (χ0) is 12.6. The van der Waals surface area contributed by atoms with Crippen molar-refractivity contribution in [2.45, 2.75) is 34.1 Å². The highest BCUT2D eigenvalue weighted by Crippen LogP contribution is 2.29. The second-order valence-corrected chi connectivity index (χ2v) is 5.72. The van der Waals surface area contributed by atoms with Gasteiger partial charge in [0.15, 0.2) is 0 Å². The van der Waals surface area contributed by atoms with Gasteiger partial charge in [-0.3, -0.25) is 0 Å². The van der Waals surface area contributed by atoms with Gasteiger partial charge < -0.3 is 4.90 Å². The van der Waals surface area contributed by atoms with E-state index in [1.807, 2.05) is 13.8 Å². The van der Waals surface area contributed by atoms with Crippen molar-refractivity contribution in [3.8, 4) is 0 Å². The monoisotopic (exact) mass is 253 g/mol. The normalized spacial score (nSPS) is 25.1. The second-order valence-electron chi connectivity index (χ2n) is 5.36. The Labute approximate surface area is 108 Å². The predicted octanol–water partition coefficient (Wildman–Crippen LogP) is 3.23. The van der Waals surface area contributed by atoms with E-state index in [0.29, 0.717) is 17.0 Å².